The van der Waals surface area contributed by atoms with Crippen molar-refractivity contribution in [1.82, 2.24) is 10.5 Å². The molecule has 3 aromatic rings. The molecule has 0 fully saturated rings. The van der Waals surface area contributed by atoms with E-state index in [1.54, 1.807) is 19.1 Å². The molecule has 134 valence electrons. The van der Waals surface area contributed by atoms with Gasteiger partial charge in [0.05, 0.1) is 5.69 Å². The van der Waals surface area contributed by atoms with Gasteiger partial charge in [0.2, 0.25) is 0 Å². The number of halogens is 1. The van der Waals surface area contributed by atoms with Crippen molar-refractivity contribution in [1.29, 1.82) is 0 Å². The van der Waals surface area contributed by atoms with E-state index in [0.29, 0.717) is 16.8 Å². The average molecular weight is 352 g/mol. The second-order valence-corrected chi connectivity index (χ2v) is 6.38. The summed E-state index contributed by atoms with van der Waals surface area (Å²) in [4.78, 5) is 12.7. The predicted molar refractivity (Wildman–Crippen MR) is 98.3 cm³/mol. The SMILES string of the molecule is Cc1noc(-c2cccc(F)c2)c1C(=O)N[C@@H](C)CCc1ccccc1. The van der Waals surface area contributed by atoms with E-state index in [4.69, 9.17) is 4.52 Å². The normalized spacial score (nSPS) is 12.0. The van der Waals surface area contributed by atoms with Crippen molar-refractivity contribution >= 4 is 5.91 Å². The number of aromatic nitrogens is 1. The molecule has 0 saturated heterocycles. The summed E-state index contributed by atoms with van der Waals surface area (Å²) in [5.74, 6) is -0.363. The highest BCUT2D eigenvalue weighted by molar-refractivity contribution is 6.00. The maximum atomic E-state index is 13.5. The second kappa shape index (κ2) is 7.95. The number of amides is 1. The number of benzene rings is 2. The van der Waals surface area contributed by atoms with Gasteiger partial charge in [-0.05, 0) is 44.4 Å². The summed E-state index contributed by atoms with van der Waals surface area (Å²) < 4.78 is 18.8. The lowest BCUT2D eigenvalue weighted by Crippen LogP contribution is -2.33. The largest absolute Gasteiger partial charge is 0.355 e. The van der Waals surface area contributed by atoms with Crippen LogP contribution >= 0.6 is 0 Å². The summed E-state index contributed by atoms with van der Waals surface area (Å²) in [6.07, 6.45) is 1.69. The van der Waals surface area contributed by atoms with Gasteiger partial charge in [0.1, 0.15) is 11.4 Å². The first-order valence-electron chi connectivity index (χ1n) is 8.61. The lowest BCUT2D eigenvalue weighted by Gasteiger charge is -2.14. The number of hydrogen-bond donors (Lipinski definition) is 1. The Bertz CT molecular complexity index is 890. The Kier molecular flexibility index (Phi) is 5.46. The van der Waals surface area contributed by atoms with Gasteiger partial charge in [0.15, 0.2) is 5.76 Å². The molecule has 0 aliphatic carbocycles. The van der Waals surface area contributed by atoms with Crippen LogP contribution < -0.4 is 5.32 Å². The Morgan fingerprint density at radius 2 is 1.96 bits per heavy atom. The zero-order valence-corrected chi connectivity index (χ0v) is 14.8. The first kappa shape index (κ1) is 17.9. The van der Waals surface area contributed by atoms with Crippen molar-refractivity contribution in [3.63, 3.8) is 0 Å². The molecule has 1 amide bonds. The Hall–Kier alpha value is -2.95. The van der Waals surface area contributed by atoms with Crippen LogP contribution in [0.3, 0.4) is 0 Å². The van der Waals surface area contributed by atoms with Crippen LogP contribution in [0.1, 0.15) is 35.0 Å². The van der Waals surface area contributed by atoms with E-state index in [9.17, 15) is 9.18 Å². The Labute approximate surface area is 152 Å². The van der Waals surface area contributed by atoms with Crippen molar-refractivity contribution in [2.24, 2.45) is 0 Å². The van der Waals surface area contributed by atoms with Crippen LogP contribution in [0.2, 0.25) is 0 Å². The molecule has 0 radical (unpaired) electrons. The van der Waals surface area contributed by atoms with Gasteiger partial charge in [-0.15, -0.1) is 0 Å². The Morgan fingerprint density at radius 3 is 2.69 bits per heavy atom. The molecule has 5 heteroatoms. The quantitative estimate of drug-likeness (QED) is 0.708. The number of aryl methyl sites for hydroxylation is 2. The van der Waals surface area contributed by atoms with Crippen LogP contribution in [-0.4, -0.2) is 17.1 Å². The van der Waals surface area contributed by atoms with Crippen molar-refractivity contribution in [2.75, 3.05) is 0 Å². The first-order chi connectivity index (χ1) is 12.5. The van der Waals surface area contributed by atoms with Crippen LogP contribution in [0.5, 0.6) is 0 Å². The molecule has 0 aliphatic rings. The molecule has 0 bridgehead atoms. The molecule has 1 aromatic heterocycles. The van der Waals surface area contributed by atoms with E-state index in [1.807, 2.05) is 25.1 Å². The van der Waals surface area contributed by atoms with Crippen LogP contribution in [0.15, 0.2) is 59.1 Å². The number of carbonyl (C=O) groups excluding carboxylic acids is 1. The molecule has 3 rings (SSSR count). The molecule has 1 atom stereocenters. The number of nitrogens with one attached hydrogen (secondary N) is 1. The monoisotopic (exact) mass is 352 g/mol. The molecule has 0 unspecified atom stereocenters. The number of nitrogens with zero attached hydrogens (tertiary/aromatic N) is 1. The summed E-state index contributed by atoms with van der Waals surface area (Å²) in [6, 6.07) is 16.1. The molecular formula is C21H21FN2O2. The lowest BCUT2D eigenvalue weighted by atomic mass is 10.0. The van der Waals surface area contributed by atoms with Gasteiger partial charge in [0, 0.05) is 11.6 Å². The molecule has 1 N–H and O–H groups in total. The van der Waals surface area contributed by atoms with Crippen molar-refractivity contribution in [2.45, 2.75) is 32.7 Å². The first-order valence-corrected chi connectivity index (χ1v) is 8.61. The zero-order chi connectivity index (χ0) is 18.5. The van der Waals surface area contributed by atoms with Gasteiger partial charge < -0.3 is 9.84 Å². The number of carbonyl (C=O) groups is 1. The Balaban J connectivity index is 1.71. The number of rotatable bonds is 6. The topological polar surface area (TPSA) is 55.1 Å². The van der Waals surface area contributed by atoms with Crippen molar-refractivity contribution in [3.8, 4) is 11.3 Å². The van der Waals surface area contributed by atoms with Crippen molar-refractivity contribution in [3.05, 3.63) is 77.2 Å². The molecule has 2 aromatic carbocycles. The van der Waals surface area contributed by atoms with Crippen LogP contribution in [-0.2, 0) is 6.42 Å². The third-order valence-electron chi connectivity index (χ3n) is 4.26. The molecule has 26 heavy (non-hydrogen) atoms. The third-order valence-corrected chi connectivity index (χ3v) is 4.26. The Morgan fingerprint density at radius 1 is 1.19 bits per heavy atom. The van der Waals surface area contributed by atoms with Gasteiger partial charge in [0.25, 0.3) is 5.91 Å². The average Bonchev–Trinajstić information content (AvgIpc) is 3.02. The van der Waals surface area contributed by atoms with Crippen LogP contribution in [0, 0.1) is 12.7 Å². The van der Waals surface area contributed by atoms with Crippen molar-refractivity contribution < 1.29 is 13.7 Å². The van der Waals surface area contributed by atoms with E-state index < -0.39 is 0 Å². The minimum absolute atomic E-state index is 0.0163. The second-order valence-electron chi connectivity index (χ2n) is 6.38. The lowest BCUT2D eigenvalue weighted by molar-refractivity contribution is 0.0938. The zero-order valence-electron chi connectivity index (χ0n) is 14.8. The standard InChI is InChI=1S/C21H21FN2O2/c1-14(11-12-16-7-4-3-5-8-16)23-21(25)19-15(2)24-26-20(19)17-9-6-10-18(22)13-17/h3-10,13-14H,11-12H2,1-2H3,(H,23,25)/t14-/m0/s1. The van der Waals surface area contributed by atoms with Gasteiger partial charge in [-0.25, -0.2) is 4.39 Å². The van der Waals surface area contributed by atoms with E-state index in [2.05, 4.69) is 22.6 Å². The highest BCUT2D eigenvalue weighted by Crippen LogP contribution is 2.26. The predicted octanol–water partition coefficient (Wildman–Crippen LogP) is 4.54. The van der Waals surface area contributed by atoms with E-state index >= 15 is 0 Å². The van der Waals surface area contributed by atoms with Crippen LogP contribution in [0.4, 0.5) is 4.39 Å². The molecular weight excluding hydrogens is 331 g/mol. The fourth-order valence-corrected chi connectivity index (χ4v) is 2.86. The van der Waals surface area contributed by atoms with Gasteiger partial charge in [-0.2, -0.15) is 0 Å². The summed E-state index contributed by atoms with van der Waals surface area (Å²) in [7, 11) is 0. The molecule has 0 saturated carbocycles. The molecule has 0 aliphatic heterocycles. The highest BCUT2D eigenvalue weighted by Gasteiger charge is 2.23. The summed E-state index contributed by atoms with van der Waals surface area (Å²) in [6.45, 7) is 3.67. The molecule has 0 spiro atoms. The van der Waals surface area contributed by atoms with Gasteiger partial charge in [-0.1, -0.05) is 47.6 Å². The summed E-state index contributed by atoms with van der Waals surface area (Å²) in [5.41, 5.74) is 2.56. The fraction of sp³-hybridized carbons (Fsp3) is 0.238. The minimum atomic E-state index is -0.390. The highest BCUT2D eigenvalue weighted by atomic mass is 19.1. The molecule has 4 nitrogen and oxygen atoms in total. The van der Waals surface area contributed by atoms with E-state index in [0.717, 1.165) is 12.8 Å². The maximum Gasteiger partial charge on any atom is 0.257 e. The van der Waals surface area contributed by atoms with Gasteiger partial charge in [-0.3, -0.25) is 4.79 Å². The third kappa shape index (κ3) is 4.17. The summed E-state index contributed by atoms with van der Waals surface area (Å²) >= 11 is 0. The number of hydrogen-bond acceptors (Lipinski definition) is 3. The molecule has 1 heterocycles. The summed E-state index contributed by atoms with van der Waals surface area (Å²) in [5, 5.41) is 6.87. The fourth-order valence-electron chi connectivity index (χ4n) is 2.86. The smallest absolute Gasteiger partial charge is 0.257 e. The van der Waals surface area contributed by atoms with Crippen LogP contribution in [0.25, 0.3) is 11.3 Å². The maximum absolute atomic E-state index is 13.5. The van der Waals surface area contributed by atoms with E-state index in [-0.39, 0.29) is 23.5 Å². The minimum Gasteiger partial charge on any atom is -0.355 e. The van der Waals surface area contributed by atoms with E-state index in [1.165, 1.54) is 17.7 Å². The van der Waals surface area contributed by atoms with Gasteiger partial charge >= 0.3 is 0 Å².